The van der Waals surface area contributed by atoms with Crippen molar-refractivity contribution in [2.24, 2.45) is 0 Å². The van der Waals surface area contributed by atoms with E-state index in [0.717, 1.165) is 25.7 Å². The van der Waals surface area contributed by atoms with Crippen molar-refractivity contribution < 1.29 is 9.53 Å². The van der Waals surface area contributed by atoms with E-state index in [1.807, 2.05) is 25.1 Å². The molecule has 1 unspecified atom stereocenters. The number of nitrogens with zero attached hydrogens (tertiary/aromatic N) is 1. The molecular weight excluding hydrogens is 334 g/mol. The van der Waals surface area contributed by atoms with Crippen LogP contribution in [-0.4, -0.2) is 29.0 Å². The molecular formula is C21H30ClNO2. The number of amides is 1. The van der Waals surface area contributed by atoms with Crippen LogP contribution < -0.4 is 4.74 Å². The van der Waals surface area contributed by atoms with Crippen molar-refractivity contribution in [1.29, 1.82) is 0 Å². The van der Waals surface area contributed by atoms with Gasteiger partial charge in [0, 0.05) is 17.1 Å². The lowest BCUT2D eigenvalue weighted by atomic mass is 9.88. The third-order valence-corrected chi connectivity index (χ3v) is 5.88. The summed E-state index contributed by atoms with van der Waals surface area (Å²) in [5.41, 5.74) is 0. The van der Waals surface area contributed by atoms with Crippen LogP contribution in [-0.2, 0) is 4.79 Å². The van der Waals surface area contributed by atoms with Gasteiger partial charge in [-0.3, -0.25) is 4.79 Å². The number of ether oxygens (including phenoxy) is 1. The summed E-state index contributed by atoms with van der Waals surface area (Å²) in [4.78, 5) is 15.5. The fourth-order valence-corrected chi connectivity index (χ4v) is 4.56. The molecule has 0 bridgehead atoms. The van der Waals surface area contributed by atoms with Gasteiger partial charge in [-0.1, -0.05) is 56.2 Å². The van der Waals surface area contributed by atoms with Crippen LogP contribution in [0.25, 0.3) is 0 Å². The molecule has 2 fully saturated rings. The van der Waals surface area contributed by atoms with Crippen molar-refractivity contribution in [2.45, 2.75) is 89.3 Å². The van der Waals surface area contributed by atoms with E-state index in [-0.39, 0.29) is 5.91 Å². The van der Waals surface area contributed by atoms with E-state index in [0.29, 0.717) is 22.9 Å². The number of halogens is 1. The zero-order valence-electron chi connectivity index (χ0n) is 15.3. The zero-order valence-corrected chi connectivity index (χ0v) is 16.0. The third kappa shape index (κ3) is 4.91. The lowest BCUT2D eigenvalue weighted by molar-refractivity contribution is -0.145. The normalized spacial score (nSPS) is 20.9. The van der Waals surface area contributed by atoms with Crippen molar-refractivity contribution in [1.82, 2.24) is 4.90 Å². The Kier molecular flexibility index (Phi) is 6.63. The first-order valence-electron chi connectivity index (χ1n) is 9.89. The second-order valence-corrected chi connectivity index (χ2v) is 7.98. The molecule has 138 valence electrons. The van der Waals surface area contributed by atoms with Gasteiger partial charge in [0.05, 0.1) is 0 Å². The molecule has 0 saturated heterocycles. The Hall–Kier alpha value is -1.22. The lowest BCUT2D eigenvalue weighted by Crippen LogP contribution is -2.52. The van der Waals surface area contributed by atoms with Gasteiger partial charge in [-0.2, -0.15) is 0 Å². The molecule has 0 radical (unpaired) electrons. The van der Waals surface area contributed by atoms with Crippen LogP contribution in [0.2, 0.25) is 5.02 Å². The molecule has 4 heteroatoms. The summed E-state index contributed by atoms with van der Waals surface area (Å²) >= 11 is 6.04. The number of carbonyl (C=O) groups excluding carboxylic acids is 1. The number of benzene rings is 1. The largest absolute Gasteiger partial charge is 0.481 e. The second kappa shape index (κ2) is 8.93. The molecule has 2 aliphatic rings. The topological polar surface area (TPSA) is 29.5 Å². The molecule has 0 aromatic heterocycles. The van der Waals surface area contributed by atoms with Crippen molar-refractivity contribution in [3.63, 3.8) is 0 Å². The van der Waals surface area contributed by atoms with E-state index in [4.69, 9.17) is 16.3 Å². The maximum Gasteiger partial charge on any atom is 0.263 e. The summed E-state index contributed by atoms with van der Waals surface area (Å²) in [5.74, 6) is 0.819. The van der Waals surface area contributed by atoms with E-state index in [2.05, 4.69) is 4.90 Å². The van der Waals surface area contributed by atoms with Crippen molar-refractivity contribution >= 4 is 17.5 Å². The van der Waals surface area contributed by atoms with Gasteiger partial charge in [0.1, 0.15) is 5.75 Å². The molecule has 3 nitrogen and oxygen atoms in total. The highest BCUT2D eigenvalue weighted by molar-refractivity contribution is 6.30. The van der Waals surface area contributed by atoms with Crippen molar-refractivity contribution in [2.75, 3.05) is 0 Å². The maximum atomic E-state index is 13.3. The van der Waals surface area contributed by atoms with E-state index in [1.54, 1.807) is 6.07 Å². The number of hydrogen-bond donors (Lipinski definition) is 0. The number of rotatable bonds is 5. The SMILES string of the molecule is CC(Oc1cccc(Cl)c1)C(=O)N(C1CCCCC1)C1CCCCC1. The van der Waals surface area contributed by atoms with Gasteiger partial charge >= 0.3 is 0 Å². The molecule has 0 N–H and O–H groups in total. The average molecular weight is 364 g/mol. The van der Waals surface area contributed by atoms with Crippen LogP contribution in [0, 0.1) is 0 Å². The smallest absolute Gasteiger partial charge is 0.263 e. The standard InChI is InChI=1S/C21H30ClNO2/c1-16(25-20-14-8-9-17(22)15-20)21(24)23(18-10-4-2-5-11-18)19-12-6-3-7-13-19/h8-9,14-16,18-19H,2-7,10-13H2,1H3. The van der Waals surface area contributed by atoms with Crippen LogP contribution >= 0.6 is 11.6 Å². The summed E-state index contributed by atoms with van der Waals surface area (Å²) in [6.07, 6.45) is 11.7. The highest BCUT2D eigenvalue weighted by Gasteiger charge is 2.35. The Morgan fingerprint density at radius 2 is 1.60 bits per heavy atom. The maximum absolute atomic E-state index is 13.3. The molecule has 2 aliphatic carbocycles. The Bertz CT molecular complexity index is 547. The van der Waals surface area contributed by atoms with E-state index in [1.165, 1.54) is 38.5 Å². The highest BCUT2D eigenvalue weighted by atomic mass is 35.5. The van der Waals surface area contributed by atoms with Crippen LogP contribution in [0.4, 0.5) is 0 Å². The van der Waals surface area contributed by atoms with Gasteiger partial charge in [0.25, 0.3) is 5.91 Å². The molecule has 1 aromatic rings. The van der Waals surface area contributed by atoms with Gasteiger partial charge in [0.15, 0.2) is 6.10 Å². The lowest BCUT2D eigenvalue weighted by Gasteiger charge is -2.42. The van der Waals surface area contributed by atoms with Crippen LogP contribution in [0.3, 0.4) is 0 Å². The Labute approximate surface area is 156 Å². The van der Waals surface area contributed by atoms with Gasteiger partial charge in [-0.05, 0) is 50.8 Å². The summed E-state index contributed by atoms with van der Waals surface area (Å²) in [7, 11) is 0. The zero-order chi connectivity index (χ0) is 17.6. The molecule has 1 aromatic carbocycles. The first-order valence-corrected chi connectivity index (χ1v) is 10.3. The molecule has 25 heavy (non-hydrogen) atoms. The summed E-state index contributed by atoms with van der Waals surface area (Å²) < 4.78 is 5.94. The Morgan fingerprint density at radius 3 is 2.12 bits per heavy atom. The minimum Gasteiger partial charge on any atom is -0.481 e. The average Bonchev–Trinajstić information content (AvgIpc) is 2.63. The Morgan fingerprint density at radius 1 is 1.04 bits per heavy atom. The molecule has 0 heterocycles. The van der Waals surface area contributed by atoms with E-state index >= 15 is 0 Å². The van der Waals surface area contributed by atoms with E-state index in [9.17, 15) is 4.79 Å². The fraction of sp³-hybridized carbons (Fsp3) is 0.667. The summed E-state index contributed by atoms with van der Waals surface area (Å²) in [6, 6.07) is 8.11. The first kappa shape index (κ1) is 18.6. The van der Waals surface area contributed by atoms with Gasteiger partial charge in [0.2, 0.25) is 0 Å². The number of hydrogen-bond acceptors (Lipinski definition) is 2. The predicted molar refractivity (Wildman–Crippen MR) is 102 cm³/mol. The second-order valence-electron chi connectivity index (χ2n) is 7.55. The molecule has 0 aliphatic heterocycles. The van der Waals surface area contributed by atoms with Gasteiger partial charge in [-0.25, -0.2) is 0 Å². The van der Waals surface area contributed by atoms with Crippen LogP contribution in [0.1, 0.15) is 71.1 Å². The minimum atomic E-state index is -0.470. The molecule has 3 rings (SSSR count). The van der Waals surface area contributed by atoms with E-state index < -0.39 is 6.10 Å². The molecule has 2 saturated carbocycles. The predicted octanol–water partition coefficient (Wildman–Crippen LogP) is 5.60. The monoisotopic (exact) mass is 363 g/mol. The van der Waals surface area contributed by atoms with Crippen LogP contribution in [0.15, 0.2) is 24.3 Å². The first-order chi connectivity index (χ1) is 12.1. The quantitative estimate of drug-likeness (QED) is 0.681. The van der Waals surface area contributed by atoms with Gasteiger partial charge in [-0.15, -0.1) is 0 Å². The van der Waals surface area contributed by atoms with Crippen molar-refractivity contribution in [3.8, 4) is 5.75 Å². The number of carbonyl (C=O) groups is 1. The highest BCUT2D eigenvalue weighted by Crippen LogP contribution is 2.31. The summed E-state index contributed by atoms with van der Waals surface area (Å²) in [5, 5.41) is 0.633. The Balaban J connectivity index is 1.72. The van der Waals surface area contributed by atoms with Gasteiger partial charge < -0.3 is 9.64 Å². The molecule has 1 atom stereocenters. The minimum absolute atomic E-state index is 0.152. The molecule has 0 spiro atoms. The summed E-state index contributed by atoms with van der Waals surface area (Å²) in [6.45, 7) is 1.88. The fourth-order valence-electron chi connectivity index (χ4n) is 4.38. The molecule has 1 amide bonds. The van der Waals surface area contributed by atoms with Crippen LogP contribution in [0.5, 0.6) is 5.75 Å². The third-order valence-electron chi connectivity index (χ3n) is 5.65. The van der Waals surface area contributed by atoms with Crippen molar-refractivity contribution in [3.05, 3.63) is 29.3 Å².